The number of halogens is 1. The fourth-order valence-electron chi connectivity index (χ4n) is 3.02. The molecule has 1 aliphatic heterocycles. The molecule has 104 valence electrons. The molecule has 4 heteroatoms. The first-order valence-electron chi connectivity index (χ1n) is 7.20. The Bertz CT molecular complexity index is 279. The van der Waals surface area contributed by atoms with Gasteiger partial charge in [-0.25, -0.2) is 0 Å². The van der Waals surface area contributed by atoms with Crippen LogP contribution in [0.15, 0.2) is 0 Å². The number of hydrogen-bond acceptors (Lipinski definition) is 2. The van der Waals surface area contributed by atoms with E-state index in [1.165, 1.54) is 19.3 Å². The second-order valence-electron chi connectivity index (χ2n) is 5.55. The van der Waals surface area contributed by atoms with Crippen LogP contribution in [0, 0.1) is 0 Å². The second-order valence-corrected chi connectivity index (χ2v) is 6.72. The number of nitrogens with zero attached hydrogens (tertiary/aromatic N) is 1. The first-order valence-corrected chi connectivity index (χ1v) is 8.11. The van der Waals surface area contributed by atoms with Crippen LogP contribution in [0.3, 0.4) is 0 Å². The van der Waals surface area contributed by atoms with Gasteiger partial charge in [-0.3, -0.25) is 4.79 Å². The molecule has 1 aliphatic carbocycles. The summed E-state index contributed by atoms with van der Waals surface area (Å²) in [7, 11) is 1.96. The summed E-state index contributed by atoms with van der Waals surface area (Å²) in [5, 5.41) is 0. The van der Waals surface area contributed by atoms with Gasteiger partial charge in [0.05, 0.1) is 6.10 Å². The van der Waals surface area contributed by atoms with Crippen LogP contribution >= 0.6 is 15.9 Å². The quantitative estimate of drug-likeness (QED) is 0.746. The molecule has 1 heterocycles. The summed E-state index contributed by atoms with van der Waals surface area (Å²) >= 11 is 3.72. The molecule has 0 aromatic heterocycles. The number of carbonyl (C=O) groups is 1. The maximum Gasteiger partial charge on any atom is 0.222 e. The van der Waals surface area contributed by atoms with Gasteiger partial charge in [0.15, 0.2) is 0 Å². The van der Waals surface area contributed by atoms with Crippen molar-refractivity contribution < 1.29 is 9.53 Å². The van der Waals surface area contributed by atoms with Crippen molar-refractivity contribution >= 4 is 21.8 Å². The molecule has 1 saturated heterocycles. The van der Waals surface area contributed by atoms with E-state index in [-0.39, 0.29) is 5.91 Å². The van der Waals surface area contributed by atoms with Gasteiger partial charge in [-0.1, -0.05) is 28.8 Å². The minimum atomic E-state index is 0.279. The Morgan fingerprint density at radius 3 is 2.72 bits per heavy atom. The third kappa shape index (κ3) is 3.70. The highest BCUT2D eigenvalue weighted by atomic mass is 79.9. The van der Waals surface area contributed by atoms with E-state index < -0.39 is 0 Å². The molecule has 2 rings (SSSR count). The fraction of sp³-hybridized carbons (Fsp3) is 0.929. The van der Waals surface area contributed by atoms with Gasteiger partial charge in [0, 0.05) is 30.9 Å². The molecular weight excluding hydrogens is 294 g/mol. The Kier molecular flexibility index (Phi) is 5.49. The maximum atomic E-state index is 12.2. The highest BCUT2D eigenvalue weighted by molar-refractivity contribution is 9.09. The molecule has 3 nitrogen and oxygen atoms in total. The lowest BCUT2D eigenvalue weighted by Crippen LogP contribution is -2.44. The Balaban J connectivity index is 1.76. The summed E-state index contributed by atoms with van der Waals surface area (Å²) < 4.78 is 5.57. The third-order valence-corrected chi connectivity index (χ3v) is 5.31. The summed E-state index contributed by atoms with van der Waals surface area (Å²) in [6.07, 6.45) is 8.99. The van der Waals surface area contributed by atoms with Crippen molar-refractivity contribution in [1.29, 1.82) is 0 Å². The predicted molar refractivity (Wildman–Crippen MR) is 75.9 cm³/mol. The third-order valence-electron chi connectivity index (χ3n) is 4.24. The standard InChI is InChI=1S/C14H24BrNO2/c1-16(13-7-3-2-6-12(13)15)14(17)9-8-11-5-4-10-18-11/h11-13H,2-10H2,1H3. The Morgan fingerprint density at radius 1 is 1.28 bits per heavy atom. The van der Waals surface area contributed by atoms with Gasteiger partial charge in [-0.15, -0.1) is 0 Å². The lowest BCUT2D eigenvalue weighted by atomic mass is 9.94. The van der Waals surface area contributed by atoms with Gasteiger partial charge in [0.2, 0.25) is 5.91 Å². The number of rotatable bonds is 4. The minimum absolute atomic E-state index is 0.279. The van der Waals surface area contributed by atoms with E-state index in [2.05, 4.69) is 15.9 Å². The van der Waals surface area contributed by atoms with Crippen molar-refractivity contribution in [3.63, 3.8) is 0 Å². The highest BCUT2D eigenvalue weighted by Gasteiger charge is 2.29. The van der Waals surface area contributed by atoms with E-state index in [9.17, 15) is 4.79 Å². The Labute approximate surface area is 118 Å². The van der Waals surface area contributed by atoms with E-state index in [0.29, 0.717) is 23.4 Å². The number of carbonyl (C=O) groups excluding carboxylic acids is 1. The van der Waals surface area contributed by atoms with Crippen LogP contribution in [0.4, 0.5) is 0 Å². The van der Waals surface area contributed by atoms with Crippen LogP contribution in [-0.4, -0.2) is 41.4 Å². The minimum Gasteiger partial charge on any atom is -0.378 e. The molecular formula is C14H24BrNO2. The molecule has 1 saturated carbocycles. The molecule has 3 unspecified atom stereocenters. The maximum absolute atomic E-state index is 12.2. The van der Waals surface area contributed by atoms with Crippen LogP contribution in [-0.2, 0) is 9.53 Å². The van der Waals surface area contributed by atoms with Crippen molar-refractivity contribution in [1.82, 2.24) is 4.90 Å². The number of alkyl halides is 1. The smallest absolute Gasteiger partial charge is 0.222 e. The highest BCUT2D eigenvalue weighted by Crippen LogP contribution is 2.28. The van der Waals surface area contributed by atoms with Gasteiger partial charge < -0.3 is 9.64 Å². The van der Waals surface area contributed by atoms with E-state index >= 15 is 0 Å². The topological polar surface area (TPSA) is 29.5 Å². The average Bonchev–Trinajstić information content (AvgIpc) is 2.89. The SMILES string of the molecule is CN(C(=O)CCC1CCCO1)C1CCCCC1Br. The lowest BCUT2D eigenvalue weighted by molar-refractivity contribution is -0.133. The first-order chi connectivity index (χ1) is 8.68. The Hall–Kier alpha value is -0.0900. The molecule has 0 spiro atoms. The summed E-state index contributed by atoms with van der Waals surface area (Å²) in [5.41, 5.74) is 0. The normalized spacial score (nSPS) is 32.4. The monoisotopic (exact) mass is 317 g/mol. The zero-order valence-corrected chi connectivity index (χ0v) is 12.8. The Morgan fingerprint density at radius 2 is 2.06 bits per heavy atom. The van der Waals surface area contributed by atoms with Gasteiger partial charge in [0.1, 0.15) is 0 Å². The van der Waals surface area contributed by atoms with E-state index in [1.807, 2.05) is 11.9 Å². The summed E-state index contributed by atoms with van der Waals surface area (Å²) in [6, 6.07) is 0.385. The molecule has 2 fully saturated rings. The summed E-state index contributed by atoms with van der Waals surface area (Å²) in [6.45, 7) is 0.876. The van der Waals surface area contributed by atoms with E-state index in [1.54, 1.807) is 0 Å². The molecule has 1 amide bonds. The van der Waals surface area contributed by atoms with Gasteiger partial charge in [-0.2, -0.15) is 0 Å². The first kappa shape index (κ1) is 14.3. The van der Waals surface area contributed by atoms with Gasteiger partial charge in [0.25, 0.3) is 0 Å². The van der Waals surface area contributed by atoms with Crippen molar-refractivity contribution in [2.75, 3.05) is 13.7 Å². The van der Waals surface area contributed by atoms with Crippen LogP contribution in [0.25, 0.3) is 0 Å². The molecule has 0 aromatic carbocycles. The fourth-order valence-corrected chi connectivity index (χ4v) is 3.96. The van der Waals surface area contributed by atoms with Crippen LogP contribution < -0.4 is 0 Å². The largest absolute Gasteiger partial charge is 0.378 e. The molecule has 0 N–H and O–H groups in total. The van der Waals surface area contributed by atoms with Crippen molar-refractivity contribution in [2.45, 2.75) is 68.3 Å². The zero-order valence-electron chi connectivity index (χ0n) is 11.2. The van der Waals surface area contributed by atoms with Gasteiger partial charge >= 0.3 is 0 Å². The van der Waals surface area contributed by atoms with E-state index in [4.69, 9.17) is 4.74 Å². The van der Waals surface area contributed by atoms with Crippen molar-refractivity contribution in [3.8, 4) is 0 Å². The van der Waals surface area contributed by atoms with Crippen LogP contribution in [0.5, 0.6) is 0 Å². The zero-order chi connectivity index (χ0) is 13.0. The van der Waals surface area contributed by atoms with Crippen LogP contribution in [0.1, 0.15) is 51.4 Å². The molecule has 3 atom stereocenters. The number of ether oxygens (including phenoxy) is 1. The number of amides is 1. The molecule has 2 aliphatic rings. The second kappa shape index (κ2) is 6.90. The molecule has 0 aromatic rings. The molecule has 18 heavy (non-hydrogen) atoms. The van der Waals surface area contributed by atoms with Crippen LogP contribution in [0.2, 0.25) is 0 Å². The molecule has 0 bridgehead atoms. The van der Waals surface area contributed by atoms with Gasteiger partial charge in [-0.05, 0) is 32.1 Å². The summed E-state index contributed by atoms with van der Waals surface area (Å²) in [5.74, 6) is 0.279. The molecule has 0 radical (unpaired) electrons. The van der Waals surface area contributed by atoms with Crippen molar-refractivity contribution in [2.24, 2.45) is 0 Å². The number of hydrogen-bond donors (Lipinski definition) is 0. The average molecular weight is 318 g/mol. The van der Waals surface area contributed by atoms with Crippen molar-refractivity contribution in [3.05, 3.63) is 0 Å². The lowest BCUT2D eigenvalue weighted by Gasteiger charge is -2.35. The summed E-state index contributed by atoms with van der Waals surface area (Å²) in [4.78, 5) is 14.6. The predicted octanol–water partition coefficient (Wildman–Crippen LogP) is 3.11. The van der Waals surface area contributed by atoms with E-state index in [0.717, 1.165) is 32.3 Å².